The van der Waals surface area contributed by atoms with E-state index in [-0.39, 0.29) is 0 Å². The molecule has 0 aliphatic carbocycles. The van der Waals surface area contributed by atoms with Crippen LogP contribution < -0.4 is 5.32 Å². The molecule has 0 bridgehead atoms. The van der Waals surface area contributed by atoms with Crippen molar-refractivity contribution in [1.29, 1.82) is 0 Å². The van der Waals surface area contributed by atoms with Crippen LogP contribution in [-0.4, -0.2) is 35.6 Å². The average molecular weight is 326 g/mol. The second kappa shape index (κ2) is 7.36. The van der Waals surface area contributed by atoms with Crippen LogP contribution in [0, 0.1) is 5.92 Å². The molecule has 106 valence electrons. The number of pyridine rings is 1. The first-order chi connectivity index (χ1) is 9.19. The summed E-state index contributed by atoms with van der Waals surface area (Å²) in [5.41, 5.74) is 1.16. The van der Waals surface area contributed by atoms with Crippen LogP contribution in [0.25, 0.3) is 0 Å². The van der Waals surface area contributed by atoms with Gasteiger partial charge in [0.1, 0.15) is 0 Å². The Hall–Kier alpha value is -0.450. The van der Waals surface area contributed by atoms with E-state index >= 15 is 0 Å². The molecule has 1 aromatic rings. The summed E-state index contributed by atoms with van der Waals surface area (Å²) in [6.07, 6.45) is 4.35. The van der Waals surface area contributed by atoms with Gasteiger partial charge < -0.3 is 5.32 Å². The van der Waals surface area contributed by atoms with Gasteiger partial charge in [0.05, 0.1) is 5.69 Å². The molecule has 2 atom stereocenters. The van der Waals surface area contributed by atoms with Crippen molar-refractivity contribution in [2.75, 3.05) is 19.6 Å². The van der Waals surface area contributed by atoms with Crippen molar-refractivity contribution >= 4 is 15.9 Å². The van der Waals surface area contributed by atoms with E-state index in [2.05, 4.69) is 57.1 Å². The highest BCUT2D eigenvalue weighted by molar-refractivity contribution is 9.10. The van der Waals surface area contributed by atoms with E-state index in [4.69, 9.17) is 0 Å². The molecule has 0 radical (unpaired) electrons. The second-order valence-corrected chi connectivity index (χ2v) is 6.42. The van der Waals surface area contributed by atoms with Crippen LogP contribution in [0.3, 0.4) is 0 Å². The fraction of sp³-hybridized carbons (Fsp3) is 0.667. The normalized spacial score (nSPS) is 23.0. The molecule has 0 saturated carbocycles. The van der Waals surface area contributed by atoms with E-state index in [1.54, 1.807) is 0 Å². The molecule has 1 fully saturated rings. The smallest absolute Gasteiger partial charge is 0.0544 e. The summed E-state index contributed by atoms with van der Waals surface area (Å²) < 4.78 is 1.05. The van der Waals surface area contributed by atoms with Crippen molar-refractivity contribution in [3.8, 4) is 0 Å². The molecule has 19 heavy (non-hydrogen) atoms. The molecule has 2 unspecified atom stereocenters. The molecule has 1 aliphatic rings. The van der Waals surface area contributed by atoms with Gasteiger partial charge in [0.15, 0.2) is 0 Å². The Morgan fingerprint density at radius 3 is 3.05 bits per heavy atom. The minimum atomic E-state index is 0.614. The van der Waals surface area contributed by atoms with Gasteiger partial charge in [-0.2, -0.15) is 0 Å². The van der Waals surface area contributed by atoms with E-state index in [1.165, 1.54) is 12.8 Å². The first-order valence-electron chi connectivity index (χ1n) is 7.25. The van der Waals surface area contributed by atoms with Gasteiger partial charge in [-0.3, -0.25) is 9.88 Å². The lowest BCUT2D eigenvalue weighted by Crippen LogP contribution is -2.41. The molecule has 0 amide bonds. The predicted molar refractivity (Wildman–Crippen MR) is 83.1 cm³/mol. The molecule has 2 heterocycles. The number of nitrogens with one attached hydrogen (secondary N) is 1. The molecule has 1 saturated heterocycles. The number of hydrogen-bond donors (Lipinski definition) is 1. The van der Waals surface area contributed by atoms with Gasteiger partial charge in [0, 0.05) is 29.8 Å². The van der Waals surface area contributed by atoms with Crippen molar-refractivity contribution in [2.24, 2.45) is 5.92 Å². The first-order valence-corrected chi connectivity index (χ1v) is 8.04. The number of hydrogen-bond acceptors (Lipinski definition) is 3. The molecule has 3 nitrogen and oxygen atoms in total. The van der Waals surface area contributed by atoms with Crippen molar-refractivity contribution < 1.29 is 0 Å². The fourth-order valence-corrected chi connectivity index (χ4v) is 2.80. The highest BCUT2D eigenvalue weighted by Gasteiger charge is 2.21. The molecule has 2 rings (SSSR count). The number of nitrogens with zero attached hydrogens (tertiary/aromatic N) is 2. The Morgan fingerprint density at radius 2 is 2.37 bits per heavy atom. The summed E-state index contributed by atoms with van der Waals surface area (Å²) in [4.78, 5) is 7.02. The van der Waals surface area contributed by atoms with Gasteiger partial charge in [0.2, 0.25) is 0 Å². The Kier molecular flexibility index (Phi) is 5.79. The summed E-state index contributed by atoms with van der Waals surface area (Å²) in [7, 11) is 0. The van der Waals surface area contributed by atoms with E-state index < -0.39 is 0 Å². The molecule has 0 aromatic carbocycles. The third-order valence-electron chi connectivity index (χ3n) is 4.02. The molecule has 1 aliphatic heterocycles. The maximum atomic E-state index is 4.48. The standard InChI is InChI=1S/C15H24BrN3/c1-3-12(2)15-11-19(8-4-7-17-15)10-14-6-5-13(16)9-18-14/h5-6,9,12,15,17H,3-4,7-8,10-11H2,1-2H3. The summed E-state index contributed by atoms with van der Waals surface area (Å²) in [6.45, 7) is 9.02. The second-order valence-electron chi connectivity index (χ2n) is 5.50. The largest absolute Gasteiger partial charge is 0.312 e. The minimum Gasteiger partial charge on any atom is -0.312 e. The summed E-state index contributed by atoms with van der Waals surface area (Å²) in [5.74, 6) is 0.735. The van der Waals surface area contributed by atoms with Gasteiger partial charge in [-0.15, -0.1) is 0 Å². The Morgan fingerprint density at radius 1 is 1.53 bits per heavy atom. The van der Waals surface area contributed by atoms with E-state index in [1.807, 2.05) is 6.20 Å². The van der Waals surface area contributed by atoms with Crippen molar-refractivity contribution in [1.82, 2.24) is 15.2 Å². The lowest BCUT2D eigenvalue weighted by atomic mass is 9.99. The summed E-state index contributed by atoms with van der Waals surface area (Å²) in [6, 6.07) is 4.80. The van der Waals surface area contributed by atoms with Gasteiger partial charge >= 0.3 is 0 Å². The van der Waals surface area contributed by atoms with Crippen LogP contribution in [-0.2, 0) is 6.54 Å². The highest BCUT2D eigenvalue weighted by Crippen LogP contribution is 2.15. The highest BCUT2D eigenvalue weighted by atomic mass is 79.9. The van der Waals surface area contributed by atoms with Crippen LogP contribution in [0.2, 0.25) is 0 Å². The van der Waals surface area contributed by atoms with Crippen LogP contribution in [0.15, 0.2) is 22.8 Å². The molecule has 4 heteroatoms. The third-order valence-corrected chi connectivity index (χ3v) is 4.49. The molecule has 1 N–H and O–H groups in total. The molecule has 0 spiro atoms. The van der Waals surface area contributed by atoms with E-state index in [0.29, 0.717) is 6.04 Å². The lowest BCUT2D eigenvalue weighted by molar-refractivity contribution is 0.229. The Balaban J connectivity index is 1.96. The molecular formula is C15H24BrN3. The lowest BCUT2D eigenvalue weighted by Gasteiger charge is -2.27. The zero-order valence-corrected chi connectivity index (χ0v) is 13.5. The van der Waals surface area contributed by atoms with Crippen molar-refractivity contribution in [3.63, 3.8) is 0 Å². The van der Waals surface area contributed by atoms with Crippen LogP contribution in [0.4, 0.5) is 0 Å². The monoisotopic (exact) mass is 325 g/mol. The van der Waals surface area contributed by atoms with Crippen LogP contribution >= 0.6 is 15.9 Å². The molecule has 1 aromatic heterocycles. The summed E-state index contributed by atoms with van der Waals surface area (Å²) >= 11 is 3.43. The van der Waals surface area contributed by atoms with Gasteiger partial charge in [-0.1, -0.05) is 20.3 Å². The van der Waals surface area contributed by atoms with Crippen LogP contribution in [0.1, 0.15) is 32.4 Å². The minimum absolute atomic E-state index is 0.614. The number of aromatic nitrogens is 1. The quantitative estimate of drug-likeness (QED) is 0.922. The maximum absolute atomic E-state index is 4.48. The molecular weight excluding hydrogens is 302 g/mol. The van der Waals surface area contributed by atoms with E-state index in [9.17, 15) is 0 Å². The van der Waals surface area contributed by atoms with Crippen LogP contribution in [0.5, 0.6) is 0 Å². The zero-order valence-electron chi connectivity index (χ0n) is 11.9. The van der Waals surface area contributed by atoms with Gasteiger partial charge in [-0.25, -0.2) is 0 Å². The zero-order chi connectivity index (χ0) is 13.7. The number of halogens is 1. The topological polar surface area (TPSA) is 28.2 Å². The fourth-order valence-electron chi connectivity index (χ4n) is 2.56. The number of rotatable bonds is 4. The maximum Gasteiger partial charge on any atom is 0.0544 e. The van der Waals surface area contributed by atoms with Crippen molar-refractivity contribution in [2.45, 2.75) is 39.3 Å². The predicted octanol–water partition coefficient (Wildman–Crippen LogP) is 3.05. The SMILES string of the molecule is CCC(C)C1CN(Cc2ccc(Br)cn2)CCCN1. The van der Waals surface area contributed by atoms with Gasteiger partial charge in [-0.05, 0) is 53.5 Å². The Bertz CT molecular complexity index is 379. The third kappa shape index (κ3) is 4.55. The van der Waals surface area contributed by atoms with Gasteiger partial charge in [0.25, 0.3) is 0 Å². The first kappa shape index (κ1) is 14.9. The summed E-state index contributed by atoms with van der Waals surface area (Å²) in [5, 5.41) is 3.69. The van der Waals surface area contributed by atoms with Crippen molar-refractivity contribution in [3.05, 3.63) is 28.5 Å². The van der Waals surface area contributed by atoms with E-state index in [0.717, 1.165) is 42.3 Å². The average Bonchev–Trinajstić information content (AvgIpc) is 2.66. The Labute approximate surface area is 124 Å².